The largest absolute Gasteiger partial charge is 0.480 e. The standard InChI is InChI=1S/C22H30N3O8P/c1-14(2)10-20(25(34(30,31)32)13-23-15(3)26)21(27)24-19(22(28)29)11-16-4-6-17(7-5-16)18-8-9-33-12-18/h4-9,12,14,19-20H,10-11,13H2,1-3H3,(H,23,26)(H,24,27)(H,28,29)(H2,30,31,32). The molecule has 0 saturated carbocycles. The quantitative estimate of drug-likeness (QED) is 0.218. The fourth-order valence-electron chi connectivity index (χ4n) is 3.35. The first-order chi connectivity index (χ1) is 15.9. The van der Waals surface area contributed by atoms with Crippen molar-refractivity contribution in [1.82, 2.24) is 15.3 Å². The Morgan fingerprint density at radius 2 is 1.74 bits per heavy atom. The van der Waals surface area contributed by atoms with Gasteiger partial charge >= 0.3 is 13.7 Å². The summed E-state index contributed by atoms with van der Waals surface area (Å²) in [4.78, 5) is 55.8. The molecule has 0 aliphatic carbocycles. The highest BCUT2D eigenvalue weighted by molar-refractivity contribution is 7.49. The van der Waals surface area contributed by atoms with Gasteiger partial charge in [0.2, 0.25) is 11.8 Å². The highest BCUT2D eigenvalue weighted by atomic mass is 31.2. The lowest BCUT2D eigenvalue weighted by Gasteiger charge is -2.32. The average molecular weight is 495 g/mol. The molecule has 186 valence electrons. The van der Waals surface area contributed by atoms with E-state index >= 15 is 0 Å². The van der Waals surface area contributed by atoms with E-state index in [1.54, 1.807) is 56.7 Å². The predicted molar refractivity (Wildman–Crippen MR) is 123 cm³/mol. The molecule has 0 bridgehead atoms. The number of hydrogen-bond donors (Lipinski definition) is 5. The van der Waals surface area contributed by atoms with Gasteiger partial charge in [0.1, 0.15) is 12.1 Å². The number of nitrogens with one attached hydrogen (secondary N) is 2. The summed E-state index contributed by atoms with van der Waals surface area (Å²) in [5, 5.41) is 14.4. The van der Waals surface area contributed by atoms with Crippen molar-refractivity contribution in [3.63, 3.8) is 0 Å². The Bertz CT molecular complexity index is 1020. The first-order valence-corrected chi connectivity index (χ1v) is 12.2. The highest BCUT2D eigenvalue weighted by Crippen LogP contribution is 2.42. The smallest absolute Gasteiger partial charge is 0.405 e. The fraction of sp³-hybridized carbons (Fsp3) is 0.409. The minimum absolute atomic E-state index is 0.0300. The van der Waals surface area contributed by atoms with E-state index < -0.39 is 44.3 Å². The first kappa shape index (κ1) is 27.3. The van der Waals surface area contributed by atoms with Gasteiger partial charge in [0.25, 0.3) is 0 Å². The van der Waals surface area contributed by atoms with E-state index in [0.717, 1.165) is 11.1 Å². The molecule has 0 saturated heterocycles. The number of carbonyl (C=O) groups is 3. The lowest BCUT2D eigenvalue weighted by Crippen LogP contribution is -2.53. The van der Waals surface area contributed by atoms with Gasteiger partial charge in [0, 0.05) is 18.9 Å². The number of aliphatic carboxylic acids is 1. The van der Waals surface area contributed by atoms with Crippen LogP contribution in [0.5, 0.6) is 0 Å². The van der Waals surface area contributed by atoms with Crippen molar-refractivity contribution < 1.29 is 38.3 Å². The molecular weight excluding hydrogens is 465 g/mol. The maximum Gasteiger partial charge on any atom is 0.405 e. The maximum absolute atomic E-state index is 13.0. The number of amides is 2. The number of nitrogens with zero attached hydrogens (tertiary/aromatic N) is 1. The van der Waals surface area contributed by atoms with Gasteiger partial charge in [-0.3, -0.25) is 9.59 Å². The Morgan fingerprint density at radius 1 is 1.09 bits per heavy atom. The Hall–Kier alpha value is -2.98. The molecule has 1 heterocycles. The molecule has 1 aromatic heterocycles. The van der Waals surface area contributed by atoms with Gasteiger partial charge in [-0.1, -0.05) is 38.1 Å². The molecule has 2 amide bonds. The van der Waals surface area contributed by atoms with Gasteiger partial charge in [-0.05, 0) is 29.5 Å². The molecule has 2 rings (SSSR count). The van der Waals surface area contributed by atoms with Gasteiger partial charge in [0.15, 0.2) is 0 Å². The summed E-state index contributed by atoms with van der Waals surface area (Å²) in [6.45, 7) is 4.12. The summed E-state index contributed by atoms with van der Waals surface area (Å²) >= 11 is 0. The molecule has 0 radical (unpaired) electrons. The minimum atomic E-state index is -4.96. The molecule has 0 aliphatic heterocycles. The first-order valence-electron chi connectivity index (χ1n) is 10.6. The summed E-state index contributed by atoms with van der Waals surface area (Å²) < 4.78 is 17.7. The van der Waals surface area contributed by atoms with Crippen LogP contribution in [0.2, 0.25) is 0 Å². The fourth-order valence-corrected chi connectivity index (χ4v) is 4.17. The van der Waals surface area contributed by atoms with E-state index in [-0.39, 0.29) is 18.8 Å². The van der Waals surface area contributed by atoms with Crippen molar-refractivity contribution in [3.8, 4) is 11.1 Å². The summed E-state index contributed by atoms with van der Waals surface area (Å²) in [5.41, 5.74) is 2.38. The highest BCUT2D eigenvalue weighted by Gasteiger charge is 2.38. The van der Waals surface area contributed by atoms with Gasteiger partial charge in [-0.2, -0.15) is 4.67 Å². The lowest BCUT2D eigenvalue weighted by molar-refractivity contribution is -0.142. The SMILES string of the molecule is CC(=O)NCN(C(CC(C)C)C(=O)NC(Cc1ccc(-c2ccoc2)cc1)C(=O)O)P(=O)(O)O. The maximum atomic E-state index is 13.0. The molecular formula is C22H30N3O8P. The third-order valence-corrected chi connectivity index (χ3v) is 6.13. The molecule has 0 spiro atoms. The van der Waals surface area contributed by atoms with E-state index in [0.29, 0.717) is 10.2 Å². The number of carboxylic acids is 1. The minimum Gasteiger partial charge on any atom is -0.480 e. The molecule has 5 N–H and O–H groups in total. The summed E-state index contributed by atoms with van der Waals surface area (Å²) in [6, 6.07) is 6.15. The third kappa shape index (κ3) is 8.11. The van der Waals surface area contributed by atoms with Crippen LogP contribution in [0.3, 0.4) is 0 Å². The number of benzene rings is 1. The molecule has 2 aromatic rings. The zero-order valence-corrected chi connectivity index (χ0v) is 20.1. The van der Waals surface area contributed by atoms with Gasteiger partial charge in [-0.15, -0.1) is 0 Å². The van der Waals surface area contributed by atoms with Crippen molar-refractivity contribution in [2.45, 2.75) is 45.7 Å². The zero-order valence-electron chi connectivity index (χ0n) is 19.2. The van der Waals surface area contributed by atoms with Crippen LogP contribution in [0.1, 0.15) is 32.8 Å². The average Bonchev–Trinajstić information content (AvgIpc) is 3.26. The molecule has 2 atom stereocenters. The second kappa shape index (κ2) is 11.9. The monoisotopic (exact) mass is 495 g/mol. The number of carbonyl (C=O) groups excluding carboxylic acids is 2. The second-order valence-electron chi connectivity index (χ2n) is 8.30. The van der Waals surface area contributed by atoms with Crippen molar-refractivity contribution in [1.29, 1.82) is 0 Å². The van der Waals surface area contributed by atoms with Crippen LogP contribution in [-0.2, 0) is 25.4 Å². The predicted octanol–water partition coefficient (Wildman–Crippen LogP) is 1.96. The number of furan rings is 1. The van der Waals surface area contributed by atoms with Crippen molar-refractivity contribution in [2.24, 2.45) is 5.92 Å². The molecule has 34 heavy (non-hydrogen) atoms. The van der Waals surface area contributed by atoms with E-state index in [2.05, 4.69) is 10.6 Å². The summed E-state index contributed by atoms with van der Waals surface area (Å²) in [6.07, 6.45) is 3.11. The van der Waals surface area contributed by atoms with Crippen molar-refractivity contribution >= 4 is 25.5 Å². The van der Waals surface area contributed by atoms with E-state index in [1.165, 1.54) is 6.92 Å². The number of rotatable bonds is 12. The van der Waals surface area contributed by atoms with Crippen LogP contribution in [-0.4, -0.2) is 56.1 Å². The Balaban J connectivity index is 2.21. The van der Waals surface area contributed by atoms with Crippen LogP contribution in [0.25, 0.3) is 11.1 Å². The van der Waals surface area contributed by atoms with Crippen LogP contribution < -0.4 is 10.6 Å². The van der Waals surface area contributed by atoms with E-state index in [1.807, 2.05) is 0 Å². The Kier molecular flexibility index (Phi) is 9.57. The second-order valence-corrected chi connectivity index (χ2v) is 9.84. The molecule has 2 unspecified atom stereocenters. The third-order valence-electron chi connectivity index (χ3n) is 5.04. The molecule has 0 aliphatic rings. The van der Waals surface area contributed by atoms with Crippen LogP contribution >= 0.6 is 7.75 Å². The summed E-state index contributed by atoms with van der Waals surface area (Å²) in [5.74, 6) is -2.84. The Labute approximate surface area is 197 Å². The van der Waals surface area contributed by atoms with Crippen molar-refractivity contribution in [2.75, 3.05) is 6.67 Å². The van der Waals surface area contributed by atoms with Crippen LogP contribution in [0, 0.1) is 5.92 Å². The van der Waals surface area contributed by atoms with Gasteiger partial charge in [0.05, 0.1) is 19.2 Å². The van der Waals surface area contributed by atoms with E-state index in [4.69, 9.17) is 4.42 Å². The number of hydrogen-bond acceptors (Lipinski definition) is 5. The van der Waals surface area contributed by atoms with Crippen molar-refractivity contribution in [3.05, 3.63) is 48.4 Å². The summed E-state index contributed by atoms with van der Waals surface area (Å²) in [7, 11) is -4.96. The number of carboxylic acid groups (broad SMARTS) is 1. The van der Waals surface area contributed by atoms with Gasteiger partial charge < -0.3 is 29.9 Å². The Morgan fingerprint density at radius 3 is 2.21 bits per heavy atom. The van der Waals surface area contributed by atoms with Gasteiger partial charge in [-0.25, -0.2) is 9.36 Å². The normalized spacial score (nSPS) is 13.5. The topological polar surface area (TPSA) is 169 Å². The molecule has 1 aromatic carbocycles. The molecule has 0 fully saturated rings. The van der Waals surface area contributed by atoms with Crippen LogP contribution in [0.15, 0.2) is 47.3 Å². The van der Waals surface area contributed by atoms with Crippen LogP contribution in [0.4, 0.5) is 0 Å². The van der Waals surface area contributed by atoms with E-state index in [9.17, 15) is 33.8 Å². The molecule has 12 heteroatoms. The zero-order chi connectivity index (χ0) is 25.5. The molecule has 11 nitrogen and oxygen atoms in total. The lowest BCUT2D eigenvalue weighted by atomic mass is 10.0.